The van der Waals surface area contributed by atoms with Crippen molar-refractivity contribution in [2.75, 3.05) is 19.6 Å². The van der Waals surface area contributed by atoms with E-state index in [4.69, 9.17) is 11.6 Å². The van der Waals surface area contributed by atoms with Gasteiger partial charge in [-0.15, -0.1) is 0 Å². The van der Waals surface area contributed by atoms with Crippen molar-refractivity contribution >= 4 is 21.6 Å². The van der Waals surface area contributed by atoms with E-state index in [1.54, 1.807) is 0 Å². The van der Waals surface area contributed by atoms with Crippen molar-refractivity contribution in [3.05, 3.63) is 29.0 Å². The number of nitrogens with one attached hydrogen (secondary N) is 1. The molecule has 2 atom stereocenters. The van der Waals surface area contributed by atoms with Crippen molar-refractivity contribution in [3.63, 3.8) is 0 Å². The van der Waals surface area contributed by atoms with Gasteiger partial charge in [-0.05, 0) is 37.4 Å². The molecule has 4 nitrogen and oxygen atoms in total. The van der Waals surface area contributed by atoms with Gasteiger partial charge in [0.15, 0.2) is 5.82 Å². The summed E-state index contributed by atoms with van der Waals surface area (Å²) in [7, 11) is -3.81. The summed E-state index contributed by atoms with van der Waals surface area (Å²) in [6.45, 7) is 1.79. The fourth-order valence-corrected chi connectivity index (χ4v) is 4.88. The van der Waals surface area contributed by atoms with Crippen LogP contribution in [0.2, 0.25) is 5.02 Å². The van der Waals surface area contributed by atoms with Gasteiger partial charge in [-0.3, -0.25) is 0 Å². The van der Waals surface area contributed by atoms with Crippen LogP contribution in [-0.4, -0.2) is 38.4 Å². The average molecular weight is 319 g/mol. The molecule has 0 saturated carbocycles. The van der Waals surface area contributed by atoms with Gasteiger partial charge >= 0.3 is 0 Å². The molecule has 1 aromatic rings. The first kappa shape index (κ1) is 14.3. The predicted octanol–water partition coefficient (Wildman–Crippen LogP) is 1.85. The van der Waals surface area contributed by atoms with Crippen molar-refractivity contribution < 1.29 is 12.8 Å². The Labute approximate surface area is 123 Å². The molecular formula is C13H16ClFN2O2S. The molecule has 2 fully saturated rings. The third kappa shape index (κ3) is 2.35. The lowest BCUT2D eigenvalue weighted by molar-refractivity contribution is 0.246. The van der Waals surface area contributed by atoms with Crippen molar-refractivity contribution in [3.8, 4) is 0 Å². The number of benzene rings is 1. The lowest BCUT2D eigenvalue weighted by atomic mass is 9.95. The van der Waals surface area contributed by atoms with Crippen LogP contribution >= 0.6 is 11.6 Å². The van der Waals surface area contributed by atoms with E-state index in [1.165, 1.54) is 22.5 Å². The zero-order valence-corrected chi connectivity index (χ0v) is 12.4. The summed E-state index contributed by atoms with van der Waals surface area (Å²) in [6.07, 6.45) is 1.74. The Morgan fingerprint density at radius 1 is 1.35 bits per heavy atom. The maximum absolute atomic E-state index is 14.0. The molecule has 0 radical (unpaired) electrons. The van der Waals surface area contributed by atoms with Crippen molar-refractivity contribution in [2.45, 2.75) is 23.8 Å². The minimum absolute atomic E-state index is 0.163. The van der Waals surface area contributed by atoms with Gasteiger partial charge in [-0.2, -0.15) is 4.31 Å². The van der Waals surface area contributed by atoms with Crippen LogP contribution in [0.15, 0.2) is 23.1 Å². The summed E-state index contributed by atoms with van der Waals surface area (Å²) < 4.78 is 40.5. The SMILES string of the molecule is O=S(=O)(c1cccc(Cl)c1F)N1CCC2NCCC2C1. The topological polar surface area (TPSA) is 49.4 Å². The Morgan fingerprint density at radius 3 is 2.95 bits per heavy atom. The average Bonchev–Trinajstić information content (AvgIpc) is 2.89. The minimum atomic E-state index is -3.81. The normalized spacial score (nSPS) is 27.5. The summed E-state index contributed by atoms with van der Waals surface area (Å²) >= 11 is 5.68. The van der Waals surface area contributed by atoms with Crippen LogP contribution < -0.4 is 5.32 Å². The third-order valence-electron chi connectivity index (χ3n) is 4.15. The van der Waals surface area contributed by atoms with Gasteiger partial charge in [0.05, 0.1) is 5.02 Å². The van der Waals surface area contributed by atoms with Gasteiger partial charge in [0.1, 0.15) is 4.90 Å². The van der Waals surface area contributed by atoms with E-state index in [1.807, 2.05) is 0 Å². The highest BCUT2D eigenvalue weighted by atomic mass is 35.5. The summed E-state index contributed by atoms with van der Waals surface area (Å²) in [4.78, 5) is -0.325. The highest BCUT2D eigenvalue weighted by Gasteiger charge is 2.38. The number of hydrogen-bond acceptors (Lipinski definition) is 3. The second-order valence-corrected chi connectivity index (χ2v) is 7.63. The molecule has 2 saturated heterocycles. The number of halogens is 2. The summed E-state index contributed by atoms with van der Waals surface area (Å²) in [6, 6.07) is 4.48. The van der Waals surface area contributed by atoms with Gasteiger partial charge in [0.25, 0.3) is 0 Å². The van der Waals surface area contributed by atoms with Crippen LogP contribution in [0.25, 0.3) is 0 Å². The standard InChI is InChI=1S/C13H16ClFN2O2S/c14-10-2-1-3-12(13(10)15)20(18,19)17-7-5-11-9(8-17)4-6-16-11/h1-3,9,11,16H,4-8H2. The van der Waals surface area contributed by atoms with Gasteiger partial charge in [0.2, 0.25) is 10.0 Å². The molecule has 0 aliphatic carbocycles. The van der Waals surface area contributed by atoms with Crippen molar-refractivity contribution in [1.29, 1.82) is 0 Å². The first-order valence-corrected chi connectivity index (χ1v) is 8.49. The maximum atomic E-state index is 14.0. The zero-order chi connectivity index (χ0) is 14.3. The van der Waals surface area contributed by atoms with E-state index in [0.29, 0.717) is 25.0 Å². The maximum Gasteiger partial charge on any atom is 0.246 e. The first-order valence-electron chi connectivity index (χ1n) is 6.67. The van der Waals surface area contributed by atoms with E-state index < -0.39 is 15.8 Å². The quantitative estimate of drug-likeness (QED) is 0.905. The molecule has 0 aromatic heterocycles. The van der Waals surface area contributed by atoms with E-state index in [0.717, 1.165) is 19.4 Å². The molecule has 0 bridgehead atoms. The lowest BCUT2D eigenvalue weighted by Gasteiger charge is -2.34. The van der Waals surface area contributed by atoms with E-state index in [2.05, 4.69) is 5.32 Å². The molecule has 110 valence electrons. The van der Waals surface area contributed by atoms with Crippen LogP contribution in [0, 0.1) is 11.7 Å². The van der Waals surface area contributed by atoms with E-state index in [9.17, 15) is 12.8 Å². The zero-order valence-electron chi connectivity index (χ0n) is 10.9. The Bertz CT molecular complexity index is 623. The first-order chi connectivity index (χ1) is 9.50. The van der Waals surface area contributed by atoms with Gasteiger partial charge in [-0.1, -0.05) is 17.7 Å². The fourth-order valence-electron chi connectivity index (χ4n) is 3.05. The molecular weight excluding hydrogens is 303 g/mol. The number of fused-ring (bicyclic) bond motifs is 1. The van der Waals surface area contributed by atoms with Crippen LogP contribution in [0.4, 0.5) is 4.39 Å². The predicted molar refractivity (Wildman–Crippen MR) is 74.7 cm³/mol. The number of sulfonamides is 1. The Balaban J connectivity index is 1.90. The minimum Gasteiger partial charge on any atom is -0.314 e. The second kappa shape index (κ2) is 5.26. The van der Waals surface area contributed by atoms with E-state index in [-0.39, 0.29) is 9.92 Å². The van der Waals surface area contributed by atoms with Crippen LogP contribution in [-0.2, 0) is 10.0 Å². The largest absolute Gasteiger partial charge is 0.314 e. The van der Waals surface area contributed by atoms with Crippen molar-refractivity contribution in [1.82, 2.24) is 9.62 Å². The number of rotatable bonds is 2. The molecule has 0 spiro atoms. The fraction of sp³-hybridized carbons (Fsp3) is 0.538. The summed E-state index contributed by atoms with van der Waals surface area (Å²) in [5.74, 6) is -0.540. The lowest BCUT2D eigenvalue weighted by Crippen LogP contribution is -2.46. The van der Waals surface area contributed by atoms with Gasteiger partial charge < -0.3 is 5.32 Å². The number of hydrogen-bond donors (Lipinski definition) is 1. The number of piperidine rings is 1. The highest BCUT2D eigenvalue weighted by Crippen LogP contribution is 2.30. The Morgan fingerprint density at radius 2 is 2.15 bits per heavy atom. The highest BCUT2D eigenvalue weighted by molar-refractivity contribution is 7.89. The summed E-state index contributed by atoms with van der Waals surface area (Å²) in [5, 5.41) is 3.21. The van der Waals surface area contributed by atoms with Gasteiger partial charge in [0, 0.05) is 19.1 Å². The second-order valence-electron chi connectivity index (χ2n) is 5.31. The third-order valence-corrected chi connectivity index (χ3v) is 6.33. The van der Waals surface area contributed by atoms with Crippen LogP contribution in [0.3, 0.4) is 0 Å². The smallest absolute Gasteiger partial charge is 0.246 e. The molecule has 20 heavy (non-hydrogen) atoms. The molecule has 2 heterocycles. The Hall–Kier alpha value is -0.690. The molecule has 1 N–H and O–H groups in total. The number of nitrogens with zero attached hydrogens (tertiary/aromatic N) is 1. The molecule has 2 aliphatic heterocycles. The molecule has 2 aliphatic rings. The molecule has 1 aromatic carbocycles. The van der Waals surface area contributed by atoms with Crippen molar-refractivity contribution in [2.24, 2.45) is 5.92 Å². The van der Waals surface area contributed by atoms with E-state index >= 15 is 0 Å². The Kier molecular flexibility index (Phi) is 3.75. The molecule has 7 heteroatoms. The van der Waals surface area contributed by atoms with Crippen LogP contribution in [0.1, 0.15) is 12.8 Å². The van der Waals surface area contributed by atoms with Gasteiger partial charge in [-0.25, -0.2) is 12.8 Å². The van der Waals surface area contributed by atoms with Crippen LogP contribution in [0.5, 0.6) is 0 Å². The molecule has 0 amide bonds. The molecule has 3 rings (SSSR count). The monoisotopic (exact) mass is 318 g/mol. The summed E-state index contributed by atoms with van der Waals surface area (Å²) in [5.41, 5.74) is 0. The molecule has 2 unspecified atom stereocenters.